The molecule has 5 nitrogen and oxygen atoms in total. The second kappa shape index (κ2) is 7.22. The van der Waals surface area contributed by atoms with Crippen molar-refractivity contribution < 1.29 is 18.3 Å². The topological polar surface area (TPSA) is 67.2 Å². The van der Waals surface area contributed by atoms with Crippen LogP contribution in [0.3, 0.4) is 0 Å². The maximum atomic E-state index is 12.5. The number of alkyl halides is 2. The van der Waals surface area contributed by atoms with E-state index >= 15 is 0 Å². The van der Waals surface area contributed by atoms with Crippen molar-refractivity contribution >= 4 is 5.69 Å². The largest absolute Gasteiger partial charge is 0.473 e. The summed E-state index contributed by atoms with van der Waals surface area (Å²) in [5.74, 6) is 0.256. The van der Waals surface area contributed by atoms with Gasteiger partial charge in [-0.3, -0.25) is 0 Å². The zero-order valence-corrected chi connectivity index (χ0v) is 11.7. The van der Waals surface area contributed by atoms with E-state index in [9.17, 15) is 8.78 Å². The van der Waals surface area contributed by atoms with Crippen LogP contribution in [0, 0.1) is 11.3 Å². The highest BCUT2D eigenvalue weighted by Gasteiger charge is 2.14. The first kappa shape index (κ1) is 15.5. The molecular weight excluding hydrogens is 292 g/mol. The summed E-state index contributed by atoms with van der Waals surface area (Å²) in [7, 11) is 1.67. The van der Waals surface area contributed by atoms with E-state index in [1.165, 1.54) is 6.07 Å². The maximum absolute atomic E-state index is 12.5. The lowest BCUT2D eigenvalue weighted by atomic mass is 10.1. The number of ether oxygens (including phenoxy) is 2. The molecule has 0 aliphatic rings. The molecule has 0 saturated carbocycles. The normalized spacial score (nSPS) is 10.1. The predicted octanol–water partition coefficient (Wildman–Crippen LogP) is 3.18. The number of hydrogen-bond acceptors (Lipinski definition) is 5. The van der Waals surface area contributed by atoms with Crippen molar-refractivity contribution in [1.29, 1.82) is 5.26 Å². The molecule has 2 aromatic rings. The minimum Gasteiger partial charge on any atom is -0.473 e. The molecule has 7 heteroatoms. The van der Waals surface area contributed by atoms with Gasteiger partial charge in [0.2, 0.25) is 5.88 Å². The second-order valence-corrected chi connectivity index (χ2v) is 4.17. The van der Waals surface area contributed by atoms with Crippen molar-refractivity contribution in [3.63, 3.8) is 0 Å². The van der Waals surface area contributed by atoms with Gasteiger partial charge < -0.3 is 14.8 Å². The number of aromatic nitrogens is 1. The number of hydrogen-bond donors (Lipinski definition) is 1. The Bertz CT molecular complexity index is 687. The van der Waals surface area contributed by atoms with Gasteiger partial charge in [0.1, 0.15) is 24.1 Å². The van der Waals surface area contributed by atoms with E-state index in [4.69, 9.17) is 10.00 Å². The van der Waals surface area contributed by atoms with Crippen LogP contribution < -0.4 is 14.8 Å². The van der Waals surface area contributed by atoms with E-state index in [-0.39, 0.29) is 23.9 Å². The Balaban J connectivity index is 2.22. The number of benzene rings is 1. The molecule has 0 fully saturated rings. The van der Waals surface area contributed by atoms with Crippen LogP contribution >= 0.6 is 0 Å². The zero-order valence-electron chi connectivity index (χ0n) is 11.7. The molecule has 0 saturated heterocycles. The summed E-state index contributed by atoms with van der Waals surface area (Å²) < 4.78 is 34.9. The fourth-order valence-corrected chi connectivity index (χ4v) is 1.86. The minimum absolute atomic E-state index is 0.0262. The number of rotatable bonds is 6. The van der Waals surface area contributed by atoms with E-state index in [0.717, 1.165) is 0 Å². The first-order chi connectivity index (χ1) is 10.6. The van der Waals surface area contributed by atoms with Gasteiger partial charge in [-0.25, -0.2) is 4.98 Å². The Hall–Kier alpha value is -2.88. The number of anilines is 1. The monoisotopic (exact) mass is 305 g/mol. The third-order valence-electron chi connectivity index (χ3n) is 2.82. The SMILES string of the molecule is CNc1cccc(OC(F)F)c1COc1cccc(C#N)n1. The van der Waals surface area contributed by atoms with Crippen molar-refractivity contribution in [1.82, 2.24) is 4.98 Å². The highest BCUT2D eigenvalue weighted by molar-refractivity contribution is 5.57. The molecule has 1 aromatic carbocycles. The number of pyridine rings is 1. The molecular formula is C15H13F2N3O2. The summed E-state index contributed by atoms with van der Waals surface area (Å²) in [6.45, 7) is -2.95. The first-order valence-corrected chi connectivity index (χ1v) is 6.38. The van der Waals surface area contributed by atoms with Crippen molar-refractivity contribution in [2.75, 3.05) is 12.4 Å². The fourth-order valence-electron chi connectivity index (χ4n) is 1.86. The Morgan fingerprint density at radius 1 is 1.27 bits per heavy atom. The summed E-state index contributed by atoms with van der Waals surface area (Å²) >= 11 is 0. The third kappa shape index (κ3) is 3.82. The van der Waals surface area contributed by atoms with Crippen LogP contribution in [-0.2, 0) is 6.61 Å². The Labute approximate surface area is 126 Å². The van der Waals surface area contributed by atoms with Crippen LogP contribution in [0.5, 0.6) is 11.6 Å². The fraction of sp³-hybridized carbons (Fsp3) is 0.200. The molecule has 0 amide bonds. The molecule has 114 valence electrons. The molecule has 1 heterocycles. The highest BCUT2D eigenvalue weighted by Crippen LogP contribution is 2.28. The van der Waals surface area contributed by atoms with Gasteiger partial charge in [0.25, 0.3) is 0 Å². The lowest BCUT2D eigenvalue weighted by Crippen LogP contribution is -2.08. The van der Waals surface area contributed by atoms with Gasteiger partial charge in [0, 0.05) is 18.8 Å². The van der Waals surface area contributed by atoms with Crippen molar-refractivity contribution in [2.24, 2.45) is 0 Å². The van der Waals surface area contributed by atoms with Gasteiger partial charge in [-0.2, -0.15) is 14.0 Å². The van der Waals surface area contributed by atoms with Gasteiger partial charge in [-0.1, -0.05) is 12.1 Å². The number of nitrogens with zero attached hydrogens (tertiary/aromatic N) is 2. The van der Waals surface area contributed by atoms with E-state index < -0.39 is 6.61 Å². The molecule has 0 bridgehead atoms. The minimum atomic E-state index is -2.93. The highest BCUT2D eigenvalue weighted by atomic mass is 19.3. The van der Waals surface area contributed by atoms with Crippen LogP contribution in [-0.4, -0.2) is 18.6 Å². The first-order valence-electron chi connectivity index (χ1n) is 6.38. The predicted molar refractivity (Wildman–Crippen MR) is 75.9 cm³/mol. The molecule has 0 spiro atoms. The molecule has 0 unspecified atom stereocenters. The van der Waals surface area contributed by atoms with E-state index in [0.29, 0.717) is 11.3 Å². The Morgan fingerprint density at radius 2 is 2.05 bits per heavy atom. The van der Waals surface area contributed by atoms with Crippen molar-refractivity contribution in [2.45, 2.75) is 13.2 Å². The van der Waals surface area contributed by atoms with Crippen molar-refractivity contribution in [3.8, 4) is 17.7 Å². The lowest BCUT2D eigenvalue weighted by molar-refractivity contribution is -0.0508. The van der Waals surface area contributed by atoms with Crippen LogP contribution in [0.1, 0.15) is 11.3 Å². The second-order valence-electron chi connectivity index (χ2n) is 4.17. The van der Waals surface area contributed by atoms with Crippen LogP contribution in [0.25, 0.3) is 0 Å². The number of halogens is 2. The quantitative estimate of drug-likeness (QED) is 0.888. The van der Waals surface area contributed by atoms with Crippen LogP contribution in [0.4, 0.5) is 14.5 Å². The lowest BCUT2D eigenvalue weighted by Gasteiger charge is -2.15. The Kier molecular flexibility index (Phi) is 5.09. The van der Waals surface area contributed by atoms with E-state index in [1.54, 1.807) is 37.4 Å². The Morgan fingerprint density at radius 3 is 2.73 bits per heavy atom. The molecule has 0 aliphatic carbocycles. The summed E-state index contributed by atoms with van der Waals surface area (Å²) in [4.78, 5) is 3.96. The average molecular weight is 305 g/mol. The number of nitrogens with one attached hydrogen (secondary N) is 1. The van der Waals surface area contributed by atoms with Gasteiger partial charge in [-0.05, 0) is 18.2 Å². The average Bonchev–Trinajstić information content (AvgIpc) is 2.53. The smallest absolute Gasteiger partial charge is 0.387 e. The van der Waals surface area contributed by atoms with Crippen LogP contribution in [0.15, 0.2) is 36.4 Å². The van der Waals surface area contributed by atoms with Crippen molar-refractivity contribution in [3.05, 3.63) is 47.7 Å². The van der Waals surface area contributed by atoms with Gasteiger partial charge >= 0.3 is 6.61 Å². The third-order valence-corrected chi connectivity index (χ3v) is 2.82. The summed E-state index contributed by atoms with van der Waals surface area (Å²) in [5, 5.41) is 11.7. The zero-order chi connectivity index (χ0) is 15.9. The molecule has 0 aliphatic heterocycles. The summed E-state index contributed by atoms with van der Waals surface area (Å²) in [5.41, 5.74) is 1.26. The number of nitriles is 1. The molecule has 1 aromatic heterocycles. The molecule has 0 radical (unpaired) electrons. The summed E-state index contributed by atoms with van der Waals surface area (Å²) in [6.07, 6.45) is 0. The maximum Gasteiger partial charge on any atom is 0.387 e. The van der Waals surface area contributed by atoms with Gasteiger partial charge in [0.15, 0.2) is 0 Å². The van der Waals surface area contributed by atoms with Crippen LogP contribution in [0.2, 0.25) is 0 Å². The molecule has 22 heavy (non-hydrogen) atoms. The standard InChI is InChI=1S/C15H13F2N3O2/c1-19-12-5-3-6-13(22-15(16)17)11(12)9-21-14-7-2-4-10(8-18)20-14/h2-7,15,19H,9H2,1H3. The molecule has 2 rings (SSSR count). The van der Waals surface area contributed by atoms with E-state index in [1.807, 2.05) is 6.07 Å². The van der Waals surface area contributed by atoms with E-state index in [2.05, 4.69) is 15.0 Å². The summed E-state index contributed by atoms with van der Waals surface area (Å²) in [6, 6.07) is 11.4. The molecule has 1 N–H and O–H groups in total. The van der Waals surface area contributed by atoms with Gasteiger partial charge in [0.05, 0.1) is 5.56 Å². The molecule has 0 atom stereocenters. The van der Waals surface area contributed by atoms with Gasteiger partial charge in [-0.15, -0.1) is 0 Å².